The maximum atomic E-state index is 15.8. The van der Waals surface area contributed by atoms with Gasteiger partial charge in [-0.25, -0.2) is 34.3 Å². The molecule has 0 aliphatic carbocycles. The molecule has 236 valence electrons. The molecule has 3 aliphatic heterocycles. The highest BCUT2D eigenvalue weighted by Crippen LogP contribution is 2.55. The summed E-state index contributed by atoms with van der Waals surface area (Å²) in [6.07, 6.45) is -6.83. The Labute approximate surface area is 256 Å². The number of aromatic nitrogens is 8. The average molecular weight is 692 g/mol. The van der Waals surface area contributed by atoms with Crippen LogP contribution in [0.25, 0.3) is 22.3 Å². The first kappa shape index (κ1) is 30.2. The normalized spacial score (nSPS) is 38.3. The number of nitrogen functional groups attached to an aromatic ring is 2. The second-order valence-corrected chi connectivity index (χ2v) is 15.4. The Morgan fingerprint density at radius 2 is 1.45 bits per heavy atom. The van der Waals surface area contributed by atoms with Crippen LogP contribution in [0.4, 0.5) is 16.0 Å². The molecule has 0 saturated carbocycles. The molecule has 0 spiro atoms. The van der Waals surface area contributed by atoms with Crippen molar-refractivity contribution in [3.63, 3.8) is 0 Å². The van der Waals surface area contributed by atoms with Crippen LogP contribution in [0.5, 0.6) is 0 Å². The SMILES string of the molecule is Nc1ncnc2c1ncn2[C@@H]1O[C@@H]2COP(=O)([S-])O[C@@H]3[C@H](F)[C@@H](COP(O)(=S)O[C@H]2[C@H]1O)O[C@H]3n1cnc2c(N)ncnc21. The van der Waals surface area contributed by atoms with Crippen LogP contribution in [0.1, 0.15) is 12.5 Å². The number of hydrogen-bond donors (Lipinski definition) is 4. The van der Waals surface area contributed by atoms with E-state index in [1.54, 1.807) is 0 Å². The van der Waals surface area contributed by atoms with E-state index in [0.29, 0.717) is 0 Å². The lowest BCUT2D eigenvalue weighted by Gasteiger charge is -2.31. The van der Waals surface area contributed by atoms with Crippen molar-refractivity contribution in [2.24, 2.45) is 0 Å². The topological polar surface area (TPSA) is 252 Å². The predicted octanol–water partition coefficient (Wildman–Crippen LogP) is 0.0134. The lowest BCUT2D eigenvalue weighted by molar-refractivity contribution is -0.0584. The number of aliphatic hydroxyl groups is 1. The zero-order valence-corrected chi connectivity index (χ0v) is 25.3. The van der Waals surface area contributed by atoms with E-state index in [2.05, 4.69) is 29.9 Å². The highest BCUT2D eigenvalue weighted by molar-refractivity contribution is 8.32. The zero-order valence-electron chi connectivity index (χ0n) is 21.9. The quantitative estimate of drug-likeness (QED) is 0.160. The average Bonchev–Trinajstić information content (AvgIpc) is 3.73. The molecule has 6 N–H and O–H groups in total. The van der Waals surface area contributed by atoms with Gasteiger partial charge in [0.2, 0.25) is 6.80 Å². The van der Waals surface area contributed by atoms with E-state index < -0.39 is 75.9 Å². The Morgan fingerprint density at radius 3 is 2.09 bits per heavy atom. The summed E-state index contributed by atoms with van der Waals surface area (Å²) >= 11 is 10.3. The number of fused-ring (bicyclic) bond motifs is 5. The van der Waals surface area contributed by atoms with Gasteiger partial charge in [0.1, 0.15) is 54.2 Å². The molecule has 19 nitrogen and oxygen atoms in total. The molecule has 7 rings (SSSR count). The van der Waals surface area contributed by atoms with Crippen molar-refractivity contribution in [1.82, 2.24) is 39.0 Å². The summed E-state index contributed by atoms with van der Waals surface area (Å²) in [6.45, 7) is -9.93. The van der Waals surface area contributed by atoms with Crippen LogP contribution in [-0.2, 0) is 56.2 Å². The van der Waals surface area contributed by atoms with Crippen molar-refractivity contribution < 1.29 is 46.5 Å². The molecule has 44 heavy (non-hydrogen) atoms. The van der Waals surface area contributed by atoms with E-state index in [0.717, 1.165) is 0 Å². The number of anilines is 2. The number of nitrogens with zero attached hydrogens (tertiary/aromatic N) is 8. The number of imidazole rings is 2. The van der Waals surface area contributed by atoms with Crippen molar-refractivity contribution in [2.45, 2.75) is 49.1 Å². The number of ether oxygens (including phenoxy) is 2. The minimum Gasteiger partial charge on any atom is -0.660 e. The second-order valence-electron chi connectivity index (χ2n) is 9.88. The standard InChI is InChI=1S/C20H23FN10O9P2S2/c21-9-7-1-35-41(33,43)39-13-8(38-19(12(13)32)30-5-28-10-15(22)24-3-26-17(10)30)2-36-42(34,44)40-14(9)20(37-7)31-6-29-11-16(23)25-4-27-18(11)31/h3-9,12-14,19-20,32H,1-2H2,(H,33,43)(H,34,44)(H2,22,24,26)(H2,23,25,27)/p-1/t7-,8-,9-,12-,13-,14-,19-,20-,41?,42?/m1/s1. The number of alkyl halides is 1. The smallest absolute Gasteiger partial charge is 0.325 e. The summed E-state index contributed by atoms with van der Waals surface area (Å²) in [6, 6.07) is 0. The molecule has 24 heteroatoms. The van der Waals surface area contributed by atoms with E-state index >= 15 is 4.39 Å². The van der Waals surface area contributed by atoms with Crippen LogP contribution in [0.15, 0.2) is 25.3 Å². The Morgan fingerprint density at radius 1 is 0.886 bits per heavy atom. The Bertz CT molecular complexity index is 1840. The zero-order chi connectivity index (χ0) is 31.0. The number of halogens is 1. The van der Waals surface area contributed by atoms with Gasteiger partial charge < -0.3 is 56.8 Å². The molecule has 2 bridgehead atoms. The summed E-state index contributed by atoms with van der Waals surface area (Å²) in [7, 11) is 0. The summed E-state index contributed by atoms with van der Waals surface area (Å²) in [4.78, 5) is 35.3. The van der Waals surface area contributed by atoms with Crippen LogP contribution >= 0.6 is 13.5 Å². The maximum Gasteiger partial charge on any atom is 0.325 e. The Balaban J connectivity index is 1.20. The van der Waals surface area contributed by atoms with Gasteiger partial charge in [-0.3, -0.25) is 18.2 Å². The van der Waals surface area contributed by atoms with Crippen molar-refractivity contribution in [3.05, 3.63) is 25.3 Å². The van der Waals surface area contributed by atoms with Crippen molar-refractivity contribution in [2.75, 3.05) is 24.7 Å². The molecular formula is C20H22FN10O9P2S2-. The van der Waals surface area contributed by atoms with Crippen LogP contribution in [0.3, 0.4) is 0 Å². The van der Waals surface area contributed by atoms with Gasteiger partial charge >= 0.3 is 6.72 Å². The first-order valence-electron chi connectivity index (χ1n) is 12.7. The highest BCUT2D eigenvalue weighted by Gasteiger charge is 2.52. The fourth-order valence-electron chi connectivity index (χ4n) is 5.19. The van der Waals surface area contributed by atoms with Crippen LogP contribution in [-0.4, -0.2) is 98.9 Å². The van der Waals surface area contributed by atoms with Crippen LogP contribution in [0, 0.1) is 0 Å². The molecule has 10 atom stereocenters. The first-order valence-corrected chi connectivity index (χ1v) is 17.9. The second kappa shape index (κ2) is 11.1. The third-order valence-corrected chi connectivity index (χ3v) is 10.3. The molecule has 4 aromatic rings. The molecule has 3 aliphatic rings. The largest absolute Gasteiger partial charge is 0.660 e. The van der Waals surface area contributed by atoms with Crippen molar-refractivity contribution >= 4 is 71.5 Å². The van der Waals surface area contributed by atoms with E-state index in [-0.39, 0.29) is 34.0 Å². The summed E-state index contributed by atoms with van der Waals surface area (Å²) < 4.78 is 65.8. The Kier molecular flexibility index (Phi) is 7.63. The van der Waals surface area contributed by atoms with Gasteiger partial charge in [-0.15, -0.1) is 0 Å². The monoisotopic (exact) mass is 691 g/mol. The van der Waals surface area contributed by atoms with Gasteiger partial charge in [-0.1, -0.05) is 0 Å². The van der Waals surface area contributed by atoms with E-state index in [4.69, 9.17) is 63.1 Å². The number of aliphatic hydroxyl groups excluding tert-OH is 1. The molecule has 0 radical (unpaired) electrons. The fourth-order valence-corrected chi connectivity index (χ4v) is 8.02. The third-order valence-electron chi connectivity index (χ3n) is 7.20. The minimum absolute atomic E-state index is 0.0599. The molecule has 2 unspecified atom stereocenters. The van der Waals surface area contributed by atoms with Gasteiger partial charge in [-0.2, -0.15) is 0 Å². The fraction of sp³-hybridized carbons (Fsp3) is 0.500. The highest BCUT2D eigenvalue weighted by atomic mass is 32.7. The number of hydrogen-bond acceptors (Lipinski definition) is 18. The lowest BCUT2D eigenvalue weighted by atomic mass is 10.1. The van der Waals surface area contributed by atoms with Gasteiger partial charge in [0.25, 0.3) is 0 Å². The van der Waals surface area contributed by atoms with Gasteiger partial charge in [-0.05, 0) is 11.8 Å². The minimum atomic E-state index is -4.49. The Hall–Kier alpha value is -2.46. The maximum absolute atomic E-state index is 15.8. The van der Waals surface area contributed by atoms with E-state index in [1.165, 1.54) is 34.4 Å². The van der Waals surface area contributed by atoms with E-state index in [9.17, 15) is 14.6 Å². The van der Waals surface area contributed by atoms with Gasteiger partial charge in [0, 0.05) is 0 Å². The molecule has 3 saturated heterocycles. The summed E-state index contributed by atoms with van der Waals surface area (Å²) in [5.41, 5.74) is 12.6. The third kappa shape index (κ3) is 5.27. The molecule has 7 heterocycles. The summed E-state index contributed by atoms with van der Waals surface area (Å²) in [5, 5.41) is 11.2. The summed E-state index contributed by atoms with van der Waals surface area (Å²) in [5.74, 6) is 0.150. The molecule has 4 aromatic heterocycles. The van der Waals surface area contributed by atoms with E-state index in [1.807, 2.05) is 0 Å². The van der Waals surface area contributed by atoms with Gasteiger partial charge in [0.05, 0.1) is 25.9 Å². The number of nitrogens with two attached hydrogens (primary N) is 2. The number of rotatable bonds is 2. The van der Waals surface area contributed by atoms with Crippen molar-refractivity contribution in [1.29, 1.82) is 0 Å². The lowest BCUT2D eigenvalue weighted by Crippen LogP contribution is -2.36. The first-order chi connectivity index (χ1) is 20.9. The van der Waals surface area contributed by atoms with Crippen molar-refractivity contribution in [3.8, 4) is 0 Å². The van der Waals surface area contributed by atoms with Crippen LogP contribution < -0.4 is 11.5 Å². The van der Waals surface area contributed by atoms with Gasteiger partial charge in [0.15, 0.2) is 41.6 Å². The molecular weight excluding hydrogens is 669 g/mol. The molecule has 0 aromatic carbocycles. The molecule has 3 fully saturated rings. The molecule has 0 amide bonds. The predicted molar refractivity (Wildman–Crippen MR) is 151 cm³/mol. The van der Waals surface area contributed by atoms with Crippen LogP contribution in [0.2, 0.25) is 0 Å².